The molecule has 0 fully saturated rings. The zero-order chi connectivity index (χ0) is 16.7. The molecule has 0 radical (unpaired) electrons. The van der Waals surface area contributed by atoms with Crippen LogP contribution in [0.4, 0.5) is 0 Å². The van der Waals surface area contributed by atoms with Crippen LogP contribution in [0.15, 0.2) is 41.4 Å². The lowest BCUT2D eigenvalue weighted by Gasteiger charge is -2.14. The van der Waals surface area contributed by atoms with Gasteiger partial charge in [0.15, 0.2) is 5.96 Å². The molecule has 3 N–H and O–H groups in total. The molecule has 23 heavy (non-hydrogen) atoms. The van der Waals surface area contributed by atoms with E-state index in [-0.39, 0.29) is 0 Å². The summed E-state index contributed by atoms with van der Waals surface area (Å²) in [5.74, 6) is 0.647. The summed E-state index contributed by atoms with van der Waals surface area (Å²) in [6, 6.07) is 11.2. The summed E-state index contributed by atoms with van der Waals surface area (Å²) in [5.41, 5.74) is 1.03. The van der Waals surface area contributed by atoms with Gasteiger partial charge in [-0.1, -0.05) is 35.3 Å². The van der Waals surface area contributed by atoms with E-state index in [1.807, 2.05) is 37.3 Å². The van der Waals surface area contributed by atoms with Gasteiger partial charge in [-0.2, -0.15) is 0 Å². The number of hydrogen-bond donors (Lipinski definition) is 3. The molecule has 1 heterocycles. The quantitative estimate of drug-likeness (QED) is 0.533. The van der Waals surface area contributed by atoms with Gasteiger partial charge in [0.05, 0.1) is 10.9 Å². The SMILES string of the molecule is CCNC(=NCc1cccc(Cl)c1)NCC(O)c1ccc(Cl)s1. The molecule has 0 aliphatic rings. The highest BCUT2D eigenvalue weighted by Crippen LogP contribution is 2.26. The van der Waals surface area contributed by atoms with Crippen LogP contribution in [-0.4, -0.2) is 24.2 Å². The molecule has 1 aromatic heterocycles. The van der Waals surface area contributed by atoms with Gasteiger partial charge in [-0.05, 0) is 36.8 Å². The van der Waals surface area contributed by atoms with Crippen LogP contribution in [-0.2, 0) is 6.54 Å². The van der Waals surface area contributed by atoms with Gasteiger partial charge < -0.3 is 15.7 Å². The lowest BCUT2D eigenvalue weighted by molar-refractivity contribution is 0.184. The number of nitrogens with zero attached hydrogens (tertiary/aromatic N) is 1. The average Bonchev–Trinajstić information content (AvgIpc) is 2.96. The van der Waals surface area contributed by atoms with Crippen LogP contribution in [0.25, 0.3) is 0 Å². The van der Waals surface area contributed by atoms with Crippen LogP contribution in [0, 0.1) is 0 Å². The number of aliphatic imine (C=N–C) groups is 1. The third-order valence-corrected chi connectivity index (χ3v) is 4.61. The Bertz CT molecular complexity index is 660. The van der Waals surface area contributed by atoms with E-state index >= 15 is 0 Å². The standard InChI is InChI=1S/C16H19Cl2N3OS/c1-2-19-16(20-9-11-4-3-5-12(17)8-11)21-10-13(22)14-6-7-15(18)23-14/h3-8,13,22H,2,9-10H2,1H3,(H2,19,20,21). The van der Waals surface area contributed by atoms with Gasteiger partial charge in [-0.15, -0.1) is 11.3 Å². The zero-order valence-corrected chi connectivity index (χ0v) is 15.0. The maximum atomic E-state index is 10.2. The predicted molar refractivity (Wildman–Crippen MR) is 98.6 cm³/mol. The second kappa shape index (κ2) is 9.13. The fraction of sp³-hybridized carbons (Fsp3) is 0.312. The summed E-state index contributed by atoms with van der Waals surface area (Å²) in [4.78, 5) is 5.32. The number of thiophene rings is 1. The fourth-order valence-electron chi connectivity index (χ4n) is 1.95. The van der Waals surface area contributed by atoms with Gasteiger partial charge >= 0.3 is 0 Å². The Morgan fingerprint density at radius 1 is 1.26 bits per heavy atom. The molecule has 2 rings (SSSR count). The lowest BCUT2D eigenvalue weighted by atomic mass is 10.2. The first-order valence-corrected chi connectivity index (χ1v) is 8.85. The topological polar surface area (TPSA) is 56.7 Å². The van der Waals surface area contributed by atoms with E-state index in [0.717, 1.165) is 17.0 Å². The molecule has 0 aliphatic carbocycles. The van der Waals surface area contributed by atoms with Crippen LogP contribution in [0.2, 0.25) is 9.36 Å². The van der Waals surface area contributed by atoms with Crippen molar-refractivity contribution < 1.29 is 5.11 Å². The first kappa shape index (κ1) is 18.1. The van der Waals surface area contributed by atoms with Crippen molar-refractivity contribution in [3.05, 3.63) is 56.2 Å². The minimum Gasteiger partial charge on any atom is -0.386 e. The van der Waals surface area contributed by atoms with Gasteiger partial charge in [-0.25, -0.2) is 4.99 Å². The first-order chi connectivity index (χ1) is 11.1. The largest absolute Gasteiger partial charge is 0.386 e. The number of aliphatic hydroxyl groups excluding tert-OH is 1. The van der Waals surface area contributed by atoms with Crippen molar-refractivity contribution in [1.82, 2.24) is 10.6 Å². The van der Waals surface area contributed by atoms with Gasteiger partial charge in [-0.3, -0.25) is 0 Å². The smallest absolute Gasteiger partial charge is 0.191 e. The Morgan fingerprint density at radius 2 is 2.09 bits per heavy atom. The molecule has 0 saturated carbocycles. The highest BCUT2D eigenvalue weighted by Gasteiger charge is 2.10. The van der Waals surface area contributed by atoms with Gasteiger partial charge in [0.1, 0.15) is 6.10 Å². The zero-order valence-electron chi connectivity index (χ0n) is 12.7. The van der Waals surface area contributed by atoms with E-state index in [1.54, 1.807) is 6.07 Å². The number of hydrogen-bond acceptors (Lipinski definition) is 3. The van der Waals surface area contributed by atoms with Crippen LogP contribution in [0.3, 0.4) is 0 Å². The van der Waals surface area contributed by atoms with Gasteiger partial charge in [0.2, 0.25) is 0 Å². The molecule has 0 saturated heterocycles. The first-order valence-electron chi connectivity index (χ1n) is 7.28. The molecule has 0 amide bonds. The maximum Gasteiger partial charge on any atom is 0.191 e. The molecule has 7 heteroatoms. The molecule has 0 aliphatic heterocycles. The van der Waals surface area contributed by atoms with E-state index in [1.165, 1.54) is 11.3 Å². The third-order valence-electron chi connectivity index (χ3n) is 3.04. The third kappa shape index (κ3) is 6.03. The van der Waals surface area contributed by atoms with E-state index < -0.39 is 6.10 Å². The highest BCUT2D eigenvalue weighted by molar-refractivity contribution is 7.16. The van der Waals surface area contributed by atoms with Crippen molar-refractivity contribution in [3.8, 4) is 0 Å². The number of guanidine groups is 1. The maximum absolute atomic E-state index is 10.2. The van der Waals surface area contributed by atoms with Crippen molar-refractivity contribution in [3.63, 3.8) is 0 Å². The minimum absolute atomic E-state index is 0.359. The molecule has 4 nitrogen and oxygen atoms in total. The monoisotopic (exact) mass is 371 g/mol. The fourth-order valence-corrected chi connectivity index (χ4v) is 3.21. The summed E-state index contributed by atoms with van der Waals surface area (Å²) in [6.45, 7) is 3.60. The molecular weight excluding hydrogens is 353 g/mol. The number of aliphatic hydroxyl groups is 1. The van der Waals surface area contributed by atoms with Crippen LogP contribution in [0.1, 0.15) is 23.5 Å². The Morgan fingerprint density at radius 3 is 2.74 bits per heavy atom. The number of halogens is 2. The molecular formula is C16H19Cl2N3OS. The van der Waals surface area contributed by atoms with Gasteiger partial charge in [0, 0.05) is 23.0 Å². The van der Waals surface area contributed by atoms with Crippen molar-refractivity contribution >= 4 is 40.5 Å². The van der Waals surface area contributed by atoms with E-state index in [0.29, 0.717) is 28.4 Å². The Kier molecular flexibility index (Phi) is 7.17. The second-order valence-electron chi connectivity index (χ2n) is 4.86. The summed E-state index contributed by atoms with van der Waals surface area (Å²) in [5, 5.41) is 17.1. The summed E-state index contributed by atoms with van der Waals surface area (Å²) >= 11 is 13.2. The molecule has 0 bridgehead atoms. The molecule has 1 atom stereocenters. The van der Waals surface area contributed by atoms with Crippen molar-refractivity contribution in [2.24, 2.45) is 4.99 Å². The van der Waals surface area contributed by atoms with Crippen molar-refractivity contribution in [2.45, 2.75) is 19.6 Å². The average molecular weight is 372 g/mol. The van der Waals surface area contributed by atoms with Crippen molar-refractivity contribution in [2.75, 3.05) is 13.1 Å². The lowest BCUT2D eigenvalue weighted by Crippen LogP contribution is -2.39. The van der Waals surface area contributed by atoms with E-state index in [9.17, 15) is 5.11 Å². The normalized spacial score (nSPS) is 13.0. The number of nitrogens with one attached hydrogen (secondary N) is 2. The van der Waals surface area contributed by atoms with Crippen LogP contribution < -0.4 is 10.6 Å². The second-order valence-corrected chi connectivity index (χ2v) is 7.05. The molecule has 0 spiro atoms. The Balaban J connectivity index is 1.93. The van der Waals surface area contributed by atoms with E-state index in [4.69, 9.17) is 23.2 Å². The Labute approximate surface area is 150 Å². The van der Waals surface area contributed by atoms with E-state index in [2.05, 4.69) is 15.6 Å². The van der Waals surface area contributed by atoms with Crippen LogP contribution in [0.5, 0.6) is 0 Å². The summed E-state index contributed by atoms with van der Waals surface area (Å²) in [6.07, 6.45) is -0.623. The predicted octanol–water partition coefficient (Wildman–Crippen LogP) is 3.84. The minimum atomic E-state index is -0.623. The van der Waals surface area contributed by atoms with Gasteiger partial charge in [0.25, 0.3) is 0 Å². The van der Waals surface area contributed by atoms with Crippen LogP contribution >= 0.6 is 34.5 Å². The Hall–Kier alpha value is -1.27. The summed E-state index contributed by atoms with van der Waals surface area (Å²) < 4.78 is 0.667. The molecule has 1 aromatic carbocycles. The molecule has 2 aromatic rings. The number of benzene rings is 1. The molecule has 1 unspecified atom stereocenters. The molecule has 124 valence electrons. The highest BCUT2D eigenvalue weighted by atomic mass is 35.5. The number of rotatable bonds is 6. The summed E-state index contributed by atoms with van der Waals surface area (Å²) in [7, 11) is 0. The van der Waals surface area contributed by atoms with Crippen molar-refractivity contribution in [1.29, 1.82) is 0 Å².